The lowest BCUT2D eigenvalue weighted by molar-refractivity contribution is 1.16. The SMILES string of the molecule is C=C.C=CCc1cccc(N)c1CC=C. The van der Waals surface area contributed by atoms with Crippen molar-refractivity contribution in [2.24, 2.45) is 0 Å². The molecule has 0 aliphatic rings. The van der Waals surface area contributed by atoms with Gasteiger partial charge in [-0.1, -0.05) is 24.3 Å². The summed E-state index contributed by atoms with van der Waals surface area (Å²) in [5.74, 6) is 0. The second-order valence-corrected chi connectivity index (χ2v) is 2.97. The Hall–Kier alpha value is -1.76. The maximum absolute atomic E-state index is 5.86. The summed E-state index contributed by atoms with van der Waals surface area (Å²) < 4.78 is 0. The third-order valence-electron chi connectivity index (χ3n) is 2.02. The van der Waals surface area contributed by atoms with Crippen LogP contribution in [0.15, 0.2) is 56.7 Å². The normalized spacial score (nSPS) is 8.53. The summed E-state index contributed by atoms with van der Waals surface area (Å²) in [4.78, 5) is 0. The average molecular weight is 201 g/mol. The fourth-order valence-corrected chi connectivity index (χ4v) is 1.39. The van der Waals surface area contributed by atoms with Crippen LogP contribution in [0, 0.1) is 0 Å². The molecule has 0 unspecified atom stereocenters. The Labute approximate surface area is 92.6 Å². The monoisotopic (exact) mass is 201 g/mol. The summed E-state index contributed by atoms with van der Waals surface area (Å²) >= 11 is 0. The summed E-state index contributed by atoms with van der Waals surface area (Å²) in [5.41, 5.74) is 9.13. The van der Waals surface area contributed by atoms with Gasteiger partial charge < -0.3 is 5.73 Å². The molecule has 2 N–H and O–H groups in total. The van der Waals surface area contributed by atoms with Gasteiger partial charge in [0, 0.05) is 5.69 Å². The van der Waals surface area contributed by atoms with Crippen molar-refractivity contribution < 1.29 is 0 Å². The lowest BCUT2D eigenvalue weighted by Crippen LogP contribution is -1.98. The molecule has 0 bridgehead atoms. The van der Waals surface area contributed by atoms with Crippen molar-refractivity contribution in [3.05, 3.63) is 67.8 Å². The maximum Gasteiger partial charge on any atom is 0.0352 e. The fourth-order valence-electron chi connectivity index (χ4n) is 1.39. The van der Waals surface area contributed by atoms with E-state index < -0.39 is 0 Å². The molecule has 0 aromatic heterocycles. The molecule has 0 atom stereocenters. The minimum Gasteiger partial charge on any atom is -0.398 e. The van der Waals surface area contributed by atoms with Crippen molar-refractivity contribution in [3.63, 3.8) is 0 Å². The van der Waals surface area contributed by atoms with Crippen LogP contribution >= 0.6 is 0 Å². The molecule has 1 aromatic rings. The third kappa shape index (κ3) is 3.86. The molecule has 0 spiro atoms. The van der Waals surface area contributed by atoms with Crippen molar-refractivity contribution in [2.75, 3.05) is 5.73 Å². The number of allylic oxidation sites excluding steroid dienone is 2. The second kappa shape index (κ2) is 7.63. The number of nitrogens with two attached hydrogens (primary N) is 1. The molecular weight excluding hydrogens is 182 g/mol. The number of anilines is 1. The zero-order valence-corrected chi connectivity index (χ0v) is 9.21. The summed E-state index contributed by atoms with van der Waals surface area (Å²) in [7, 11) is 0. The zero-order chi connectivity index (χ0) is 11.7. The van der Waals surface area contributed by atoms with E-state index in [2.05, 4.69) is 32.4 Å². The van der Waals surface area contributed by atoms with E-state index in [4.69, 9.17) is 5.73 Å². The number of rotatable bonds is 4. The number of hydrogen-bond donors (Lipinski definition) is 1. The Morgan fingerprint density at radius 1 is 1.07 bits per heavy atom. The quantitative estimate of drug-likeness (QED) is 0.585. The molecule has 1 nitrogen and oxygen atoms in total. The Balaban J connectivity index is 0.000000921. The number of hydrogen-bond acceptors (Lipinski definition) is 1. The molecular formula is C14H19N. The van der Waals surface area contributed by atoms with E-state index in [1.165, 1.54) is 11.1 Å². The lowest BCUT2D eigenvalue weighted by atomic mass is 10.00. The Bertz CT molecular complexity index is 326. The van der Waals surface area contributed by atoms with Crippen LogP contribution in [0.5, 0.6) is 0 Å². The van der Waals surface area contributed by atoms with Crippen LogP contribution < -0.4 is 5.73 Å². The van der Waals surface area contributed by atoms with Crippen molar-refractivity contribution in [2.45, 2.75) is 12.8 Å². The van der Waals surface area contributed by atoms with Gasteiger partial charge in [-0.3, -0.25) is 0 Å². The minimum absolute atomic E-state index is 0.829. The number of nitrogen functional groups attached to an aromatic ring is 1. The molecule has 1 heteroatoms. The summed E-state index contributed by atoms with van der Waals surface area (Å²) in [6.07, 6.45) is 5.46. The smallest absolute Gasteiger partial charge is 0.0352 e. The number of benzene rings is 1. The molecule has 1 aromatic carbocycles. The Kier molecular flexibility index (Phi) is 6.73. The molecule has 80 valence electrons. The van der Waals surface area contributed by atoms with Crippen LogP contribution in [-0.2, 0) is 12.8 Å². The highest BCUT2D eigenvalue weighted by molar-refractivity contribution is 5.52. The Morgan fingerprint density at radius 3 is 2.20 bits per heavy atom. The first-order valence-electron chi connectivity index (χ1n) is 4.87. The van der Waals surface area contributed by atoms with Gasteiger partial charge in [-0.05, 0) is 30.0 Å². The van der Waals surface area contributed by atoms with Gasteiger partial charge in [0.15, 0.2) is 0 Å². The van der Waals surface area contributed by atoms with Gasteiger partial charge in [0.2, 0.25) is 0 Å². The van der Waals surface area contributed by atoms with E-state index in [9.17, 15) is 0 Å². The van der Waals surface area contributed by atoms with E-state index >= 15 is 0 Å². The van der Waals surface area contributed by atoms with Crippen LogP contribution in [0.2, 0.25) is 0 Å². The molecule has 0 saturated carbocycles. The van der Waals surface area contributed by atoms with E-state index in [0.29, 0.717) is 0 Å². The molecule has 0 heterocycles. The van der Waals surface area contributed by atoms with Gasteiger partial charge in [0.05, 0.1) is 0 Å². The zero-order valence-electron chi connectivity index (χ0n) is 9.21. The minimum atomic E-state index is 0.829. The van der Waals surface area contributed by atoms with Crippen LogP contribution in [0.4, 0.5) is 5.69 Å². The predicted octanol–water partition coefficient (Wildman–Crippen LogP) is 3.53. The van der Waals surface area contributed by atoms with Crippen molar-refractivity contribution in [1.29, 1.82) is 0 Å². The molecule has 0 fully saturated rings. The summed E-state index contributed by atoms with van der Waals surface area (Å²) in [5, 5.41) is 0. The molecule has 0 amide bonds. The highest BCUT2D eigenvalue weighted by atomic mass is 14.6. The van der Waals surface area contributed by atoms with Gasteiger partial charge in [-0.15, -0.1) is 26.3 Å². The van der Waals surface area contributed by atoms with E-state index in [1.807, 2.05) is 24.3 Å². The van der Waals surface area contributed by atoms with Gasteiger partial charge in [-0.25, -0.2) is 0 Å². The molecule has 0 saturated heterocycles. The van der Waals surface area contributed by atoms with E-state index in [-0.39, 0.29) is 0 Å². The summed E-state index contributed by atoms with van der Waals surface area (Å²) in [6, 6.07) is 5.98. The van der Waals surface area contributed by atoms with Crippen molar-refractivity contribution >= 4 is 5.69 Å². The first-order chi connectivity index (χ1) is 7.29. The molecule has 15 heavy (non-hydrogen) atoms. The first kappa shape index (κ1) is 13.2. The van der Waals surface area contributed by atoms with Gasteiger partial charge >= 0.3 is 0 Å². The Morgan fingerprint density at radius 2 is 1.67 bits per heavy atom. The van der Waals surface area contributed by atoms with Crippen LogP contribution in [0.3, 0.4) is 0 Å². The van der Waals surface area contributed by atoms with Gasteiger partial charge in [0.25, 0.3) is 0 Å². The maximum atomic E-state index is 5.86. The lowest BCUT2D eigenvalue weighted by Gasteiger charge is -2.08. The third-order valence-corrected chi connectivity index (χ3v) is 2.02. The average Bonchev–Trinajstić information content (AvgIpc) is 2.26. The van der Waals surface area contributed by atoms with Crippen LogP contribution in [0.1, 0.15) is 11.1 Å². The first-order valence-corrected chi connectivity index (χ1v) is 4.87. The largest absolute Gasteiger partial charge is 0.398 e. The van der Waals surface area contributed by atoms with Gasteiger partial charge in [0.1, 0.15) is 0 Å². The standard InChI is InChI=1S/C12H15N.C2H4/c1-3-6-10-8-5-9-12(13)11(10)7-4-2;1-2/h3-5,8-9H,1-2,6-7,13H2;1-2H2. The topological polar surface area (TPSA) is 26.0 Å². The van der Waals surface area contributed by atoms with Crippen LogP contribution in [-0.4, -0.2) is 0 Å². The predicted molar refractivity (Wildman–Crippen MR) is 69.9 cm³/mol. The summed E-state index contributed by atoms with van der Waals surface area (Å²) in [6.45, 7) is 13.4. The van der Waals surface area contributed by atoms with Crippen LogP contribution in [0.25, 0.3) is 0 Å². The van der Waals surface area contributed by atoms with Crippen molar-refractivity contribution in [1.82, 2.24) is 0 Å². The molecule has 0 aliphatic carbocycles. The van der Waals surface area contributed by atoms with E-state index in [1.54, 1.807) is 0 Å². The fraction of sp³-hybridized carbons (Fsp3) is 0.143. The highest BCUT2D eigenvalue weighted by Gasteiger charge is 2.02. The molecule has 0 aliphatic heterocycles. The second-order valence-electron chi connectivity index (χ2n) is 2.97. The molecule has 1 rings (SSSR count). The van der Waals surface area contributed by atoms with E-state index in [0.717, 1.165) is 18.5 Å². The van der Waals surface area contributed by atoms with Gasteiger partial charge in [-0.2, -0.15) is 0 Å². The van der Waals surface area contributed by atoms with Crippen molar-refractivity contribution in [3.8, 4) is 0 Å². The molecule has 0 radical (unpaired) electrons. The highest BCUT2D eigenvalue weighted by Crippen LogP contribution is 2.18.